The predicted octanol–water partition coefficient (Wildman–Crippen LogP) is 8.99. The smallest absolute Gasteiger partial charge is 0.168 e. The average molecular weight is 702 g/mol. The second-order valence-corrected chi connectivity index (χ2v) is 15.7. The molecule has 9 heteroatoms. The largest absolute Gasteiger partial charge is 0.508 e. The van der Waals surface area contributed by atoms with E-state index in [0.29, 0.717) is 36.8 Å². The minimum atomic E-state index is -0.360. The van der Waals surface area contributed by atoms with E-state index >= 15 is 0 Å². The molecule has 0 aromatic heterocycles. The maximum absolute atomic E-state index is 13.8. The molecule has 0 amide bonds. The van der Waals surface area contributed by atoms with Gasteiger partial charge in [0.2, 0.25) is 0 Å². The maximum Gasteiger partial charge on any atom is 0.168 e. The fourth-order valence-electron chi connectivity index (χ4n) is 7.19. The van der Waals surface area contributed by atoms with Gasteiger partial charge in [-0.1, -0.05) is 83.3 Å². The summed E-state index contributed by atoms with van der Waals surface area (Å²) in [6.45, 7) is -0.0329. The molecule has 4 aromatic carbocycles. The first-order valence-corrected chi connectivity index (χ1v) is 19.9. The molecule has 1 fully saturated rings. The Bertz CT molecular complexity index is 1740. The summed E-state index contributed by atoms with van der Waals surface area (Å²) < 4.78 is 12.6. The number of aromatic hydroxyl groups is 2. The molecule has 49 heavy (non-hydrogen) atoms. The number of nitrogens with one attached hydrogen (secondary N) is 1. The van der Waals surface area contributed by atoms with Crippen LogP contribution in [0.1, 0.15) is 86.3 Å². The van der Waals surface area contributed by atoms with Gasteiger partial charge >= 0.3 is 0 Å². The Labute approximate surface area is 297 Å². The lowest BCUT2D eigenvalue weighted by atomic mass is 9.89. The lowest BCUT2D eigenvalue weighted by molar-refractivity contribution is -0.124. The third-order valence-corrected chi connectivity index (χ3v) is 12.1. The Kier molecular flexibility index (Phi) is 12.5. The topological polar surface area (TPSA) is 108 Å². The van der Waals surface area contributed by atoms with Crippen molar-refractivity contribution in [2.24, 2.45) is 0 Å². The molecule has 1 heterocycles. The van der Waals surface area contributed by atoms with Crippen LogP contribution in [-0.2, 0) is 28.3 Å². The quantitative estimate of drug-likeness (QED) is 0.111. The summed E-state index contributed by atoms with van der Waals surface area (Å²) in [6, 6.07) is 21.4. The van der Waals surface area contributed by atoms with E-state index in [1.807, 2.05) is 59.3 Å². The number of fused-ring (bicyclic) bond motifs is 5. The molecule has 7 nitrogen and oxygen atoms in total. The van der Waals surface area contributed by atoms with E-state index in [2.05, 4.69) is 11.4 Å². The van der Waals surface area contributed by atoms with Gasteiger partial charge in [-0.15, -0.1) is 0 Å². The number of aliphatic hydroxyl groups is 1. The highest BCUT2D eigenvalue weighted by Crippen LogP contribution is 2.45. The molecule has 6 rings (SSSR count). The number of hydrogen-bond donors (Lipinski definition) is 4. The number of phenols is 2. The van der Waals surface area contributed by atoms with Gasteiger partial charge in [-0.2, -0.15) is 0 Å². The van der Waals surface area contributed by atoms with Crippen LogP contribution in [0.25, 0.3) is 21.9 Å². The van der Waals surface area contributed by atoms with Crippen LogP contribution in [0, 0.1) is 0 Å². The van der Waals surface area contributed by atoms with Crippen molar-refractivity contribution in [1.29, 1.82) is 0 Å². The number of benzene rings is 4. The number of aliphatic hydroxyl groups excluding tert-OH is 1. The molecule has 1 aliphatic heterocycles. The maximum atomic E-state index is 13.8. The van der Waals surface area contributed by atoms with Crippen molar-refractivity contribution >= 4 is 38.1 Å². The molecule has 260 valence electrons. The SMILES string of the molecule is COc1c(O)ccc2c1-c1ccc3ccc(O)cc3c1CSSCCCCC(OC(NC1CCCC1)c1cccc(CO)c1)CC(=O)CC2. The van der Waals surface area contributed by atoms with E-state index in [1.165, 1.54) is 12.8 Å². The number of rotatable bonds is 7. The number of ether oxygens (including phenoxy) is 2. The van der Waals surface area contributed by atoms with E-state index < -0.39 is 0 Å². The first kappa shape index (κ1) is 35.6. The summed E-state index contributed by atoms with van der Waals surface area (Å²) in [5.74, 6) is 2.43. The van der Waals surface area contributed by atoms with Gasteiger partial charge in [0.25, 0.3) is 0 Å². The fraction of sp³-hybridized carbons (Fsp3) is 0.425. The molecule has 0 bridgehead atoms. The van der Waals surface area contributed by atoms with Crippen molar-refractivity contribution in [2.45, 2.75) is 94.9 Å². The fourth-order valence-corrected chi connectivity index (χ4v) is 9.45. The van der Waals surface area contributed by atoms with E-state index in [1.54, 1.807) is 30.0 Å². The average Bonchev–Trinajstić information content (AvgIpc) is 3.63. The molecule has 2 unspecified atom stereocenters. The summed E-state index contributed by atoms with van der Waals surface area (Å²) >= 11 is 0. The number of carbonyl (C=O) groups excluding carboxylic acids is 1. The van der Waals surface area contributed by atoms with Gasteiger partial charge in [0.1, 0.15) is 17.8 Å². The first-order chi connectivity index (χ1) is 23.9. The van der Waals surface area contributed by atoms with E-state index in [9.17, 15) is 20.1 Å². The third kappa shape index (κ3) is 8.94. The number of phenolic OH excluding ortho intramolecular Hbond substituents is 2. The van der Waals surface area contributed by atoms with Gasteiger partial charge in [-0.3, -0.25) is 10.1 Å². The zero-order valence-electron chi connectivity index (χ0n) is 28.2. The Morgan fingerprint density at radius 1 is 0.918 bits per heavy atom. The van der Waals surface area contributed by atoms with Gasteiger partial charge in [0.05, 0.1) is 19.8 Å². The normalized spacial score (nSPS) is 19.0. The molecule has 0 spiro atoms. The zero-order chi connectivity index (χ0) is 34.2. The molecular formula is C40H47NO6S2. The van der Waals surface area contributed by atoms with E-state index in [4.69, 9.17) is 9.47 Å². The number of hydrogen-bond acceptors (Lipinski definition) is 9. The van der Waals surface area contributed by atoms with Crippen molar-refractivity contribution in [2.75, 3.05) is 12.9 Å². The standard InChI is InChI=1S/C40H47NO6S2/c1-46-39-37(45)19-15-28-13-17-31(43)22-33(47-40(41-30-9-2-3-10-30)29-8-6-7-26(21-29)24-42)11-4-5-20-48-49-25-36-34(38(28)39)18-14-27-12-16-32(44)23-35(27)36/h6-8,12,14-16,18-19,21,23,30,33,40-42,44-45H,2-5,9-11,13,17,20,22,24-25H2,1H3. The van der Waals surface area contributed by atoms with Crippen molar-refractivity contribution in [3.8, 4) is 28.4 Å². The molecule has 1 aliphatic carbocycles. The van der Waals surface area contributed by atoms with Crippen molar-refractivity contribution in [3.63, 3.8) is 0 Å². The zero-order valence-corrected chi connectivity index (χ0v) is 29.8. The summed E-state index contributed by atoms with van der Waals surface area (Å²) in [5.41, 5.74) is 5.52. The van der Waals surface area contributed by atoms with Crippen LogP contribution in [0.3, 0.4) is 0 Å². The van der Waals surface area contributed by atoms with Crippen molar-refractivity contribution < 1.29 is 29.6 Å². The van der Waals surface area contributed by atoms with Crippen LogP contribution in [0.15, 0.2) is 66.7 Å². The minimum Gasteiger partial charge on any atom is -0.508 e. The number of methoxy groups -OCH3 is 1. The minimum absolute atomic E-state index is 0.0329. The van der Waals surface area contributed by atoms with Gasteiger partial charge in [0, 0.05) is 36.0 Å². The Morgan fingerprint density at radius 3 is 2.55 bits per heavy atom. The predicted molar refractivity (Wildman–Crippen MR) is 200 cm³/mol. The molecule has 4 N–H and O–H groups in total. The van der Waals surface area contributed by atoms with Crippen LogP contribution in [0.2, 0.25) is 0 Å². The van der Waals surface area contributed by atoms with Crippen LogP contribution in [-0.4, -0.2) is 46.1 Å². The number of aryl methyl sites for hydroxylation is 1. The summed E-state index contributed by atoms with van der Waals surface area (Å²) in [4.78, 5) is 13.8. The van der Waals surface area contributed by atoms with Gasteiger partial charge < -0.3 is 24.8 Å². The Hall–Kier alpha value is -3.21. The third-order valence-electron chi connectivity index (χ3n) is 9.74. The molecule has 4 aromatic rings. The van der Waals surface area contributed by atoms with E-state index in [-0.39, 0.29) is 36.2 Å². The highest BCUT2D eigenvalue weighted by atomic mass is 33.1. The highest BCUT2D eigenvalue weighted by Gasteiger charge is 2.26. The number of ketones is 1. The second kappa shape index (κ2) is 17.1. The molecule has 0 radical (unpaired) electrons. The lowest BCUT2D eigenvalue weighted by Crippen LogP contribution is -2.35. The summed E-state index contributed by atoms with van der Waals surface area (Å²) in [6.07, 6.45) is 7.87. The highest BCUT2D eigenvalue weighted by molar-refractivity contribution is 8.76. The number of carbonyl (C=O) groups is 1. The molecule has 2 atom stereocenters. The monoisotopic (exact) mass is 701 g/mol. The first-order valence-electron chi connectivity index (χ1n) is 17.4. The Morgan fingerprint density at radius 2 is 1.73 bits per heavy atom. The molecular weight excluding hydrogens is 655 g/mol. The molecule has 2 aliphatic rings. The van der Waals surface area contributed by atoms with Gasteiger partial charge in [-0.05, 0) is 95.0 Å². The second-order valence-electron chi connectivity index (χ2n) is 13.2. The van der Waals surface area contributed by atoms with Gasteiger partial charge in [-0.25, -0.2) is 0 Å². The van der Waals surface area contributed by atoms with Gasteiger partial charge in [0.15, 0.2) is 11.5 Å². The van der Waals surface area contributed by atoms with Crippen LogP contribution in [0.4, 0.5) is 0 Å². The van der Waals surface area contributed by atoms with Crippen LogP contribution in [0.5, 0.6) is 17.2 Å². The molecule has 1 saturated carbocycles. The lowest BCUT2D eigenvalue weighted by Gasteiger charge is -2.29. The number of Topliss-reactive ketones (excluding diaryl/α,β-unsaturated/α-hetero) is 1. The molecule has 0 saturated heterocycles. The Balaban J connectivity index is 1.30. The summed E-state index contributed by atoms with van der Waals surface area (Å²) in [7, 11) is 5.18. The van der Waals surface area contributed by atoms with E-state index in [0.717, 1.165) is 82.0 Å². The summed E-state index contributed by atoms with van der Waals surface area (Å²) in [5, 5.41) is 36.9. The van der Waals surface area contributed by atoms with Crippen LogP contribution >= 0.6 is 21.6 Å². The van der Waals surface area contributed by atoms with Crippen molar-refractivity contribution in [3.05, 3.63) is 89.0 Å². The van der Waals surface area contributed by atoms with Crippen molar-refractivity contribution in [1.82, 2.24) is 5.32 Å². The van der Waals surface area contributed by atoms with Crippen LogP contribution < -0.4 is 10.1 Å².